The molecule has 0 saturated carbocycles. The van der Waals surface area contributed by atoms with Crippen LogP contribution in [-0.4, -0.2) is 13.1 Å². The second-order valence-electron chi connectivity index (χ2n) is 4.45. The smallest absolute Gasteiger partial charge is 0.195 e. The summed E-state index contributed by atoms with van der Waals surface area (Å²) in [5, 5.41) is 8.69. The predicted octanol–water partition coefficient (Wildman–Crippen LogP) is 2.04. The van der Waals surface area contributed by atoms with Crippen LogP contribution in [0.1, 0.15) is 31.6 Å². The Hall–Kier alpha value is -1.47. The molecule has 0 radical (unpaired) electrons. The Morgan fingerprint density at radius 2 is 2.19 bits per heavy atom. The number of anilines is 1. The normalized spacial score (nSPS) is 19.4. The first-order chi connectivity index (χ1) is 7.70. The van der Waals surface area contributed by atoms with Crippen LogP contribution in [-0.2, 0) is 0 Å². The zero-order valence-corrected chi connectivity index (χ0v) is 9.52. The van der Waals surface area contributed by atoms with Crippen molar-refractivity contribution >= 4 is 5.88 Å². The summed E-state index contributed by atoms with van der Waals surface area (Å²) >= 11 is 0. The maximum absolute atomic E-state index is 8.69. The van der Waals surface area contributed by atoms with E-state index in [2.05, 4.69) is 11.8 Å². The fourth-order valence-corrected chi connectivity index (χ4v) is 1.97. The van der Waals surface area contributed by atoms with Crippen molar-refractivity contribution in [3.8, 4) is 6.07 Å². The summed E-state index contributed by atoms with van der Waals surface area (Å²) in [5.74, 6) is 2.19. The van der Waals surface area contributed by atoms with E-state index >= 15 is 0 Å². The number of piperidine rings is 1. The molecule has 1 aliphatic rings. The first-order valence-electron chi connectivity index (χ1n) is 5.70. The molecular weight excluding hydrogens is 202 g/mol. The third-order valence-corrected chi connectivity index (χ3v) is 3.15. The van der Waals surface area contributed by atoms with Crippen LogP contribution >= 0.6 is 0 Å². The van der Waals surface area contributed by atoms with Crippen molar-refractivity contribution in [3.63, 3.8) is 0 Å². The largest absolute Gasteiger partial charge is 0.443 e. The summed E-state index contributed by atoms with van der Waals surface area (Å²) in [4.78, 5) is 2.22. The lowest BCUT2D eigenvalue weighted by Gasteiger charge is -2.29. The van der Waals surface area contributed by atoms with E-state index in [4.69, 9.17) is 15.4 Å². The number of rotatable bonds is 2. The predicted molar refractivity (Wildman–Crippen MR) is 61.9 cm³/mol. The molecule has 0 unspecified atom stereocenters. The Kier molecular flexibility index (Phi) is 3.16. The molecule has 1 saturated heterocycles. The molecule has 1 aromatic rings. The minimum Gasteiger partial charge on any atom is -0.443 e. The van der Waals surface area contributed by atoms with E-state index in [0.29, 0.717) is 5.76 Å². The van der Waals surface area contributed by atoms with E-state index in [1.165, 1.54) is 12.8 Å². The van der Waals surface area contributed by atoms with E-state index in [-0.39, 0.29) is 0 Å². The first-order valence-corrected chi connectivity index (χ1v) is 5.70. The monoisotopic (exact) mass is 219 g/mol. The molecule has 16 heavy (non-hydrogen) atoms. The van der Waals surface area contributed by atoms with Crippen LogP contribution in [0.4, 0.5) is 5.88 Å². The van der Waals surface area contributed by atoms with Gasteiger partial charge in [0.25, 0.3) is 0 Å². The topological polar surface area (TPSA) is 66.2 Å². The van der Waals surface area contributed by atoms with Crippen LogP contribution in [0.5, 0.6) is 0 Å². The molecule has 4 heteroatoms. The Bertz CT molecular complexity index is 385. The van der Waals surface area contributed by atoms with Gasteiger partial charge in [-0.15, -0.1) is 0 Å². The molecule has 1 aliphatic heterocycles. The Morgan fingerprint density at radius 3 is 2.81 bits per heavy atom. The van der Waals surface area contributed by atoms with Gasteiger partial charge < -0.3 is 15.1 Å². The summed E-state index contributed by atoms with van der Waals surface area (Å²) in [6.07, 6.45) is 2.39. The third kappa shape index (κ3) is 2.20. The van der Waals surface area contributed by atoms with Crippen molar-refractivity contribution < 1.29 is 4.42 Å². The zero-order chi connectivity index (χ0) is 11.5. The number of furan rings is 1. The lowest BCUT2D eigenvalue weighted by atomic mass is 9.99. The van der Waals surface area contributed by atoms with Gasteiger partial charge in [0.05, 0.1) is 6.07 Å². The van der Waals surface area contributed by atoms with Gasteiger partial charge in [-0.1, -0.05) is 6.92 Å². The maximum Gasteiger partial charge on any atom is 0.195 e. The van der Waals surface area contributed by atoms with Gasteiger partial charge in [0.2, 0.25) is 0 Å². The van der Waals surface area contributed by atoms with Crippen molar-refractivity contribution in [2.45, 2.75) is 25.8 Å². The van der Waals surface area contributed by atoms with Gasteiger partial charge in [-0.25, -0.2) is 0 Å². The number of nitrogens with two attached hydrogens (primary N) is 1. The molecule has 1 aromatic heterocycles. The van der Waals surface area contributed by atoms with E-state index in [0.717, 1.165) is 24.9 Å². The summed E-state index contributed by atoms with van der Waals surface area (Å²) in [6.45, 7) is 4.32. The minimum atomic E-state index is -0.655. The highest BCUT2D eigenvalue weighted by Crippen LogP contribution is 2.26. The Morgan fingerprint density at radius 1 is 1.50 bits per heavy atom. The highest BCUT2D eigenvalue weighted by molar-refractivity contribution is 5.38. The lowest BCUT2D eigenvalue weighted by molar-refractivity contribution is 0.408. The van der Waals surface area contributed by atoms with Gasteiger partial charge in [-0.3, -0.25) is 0 Å². The van der Waals surface area contributed by atoms with Crippen molar-refractivity contribution in [1.29, 1.82) is 5.26 Å². The summed E-state index contributed by atoms with van der Waals surface area (Å²) in [7, 11) is 0. The average Bonchev–Trinajstić information content (AvgIpc) is 2.78. The van der Waals surface area contributed by atoms with Gasteiger partial charge in [-0.2, -0.15) is 5.26 Å². The molecule has 0 bridgehead atoms. The molecule has 0 amide bonds. The van der Waals surface area contributed by atoms with Crippen LogP contribution in [0.15, 0.2) is 16.5 Å². The van der Waals surface area contributed by atoms with E-state index in [9.17, 15) is 0 Å². The number of nitrogens with zero attached hydrogens (tertiary/aromatic N) is 2. The van der Waals surface area contributed by atoms with Crippen LogP contribution in [0.3, 0.4) is 0 Å². The fourth-order valence-electron chi connectivity index (χ4n) is 1.97. The molecule has 86 valence electrons. The number of hydrogen-bond donors (Lipinski definition) is 1. The molecular formula is C12H17N3O. The van der Waals surface area contributed by atoms with Gasteiger partial charge in [0, 0.05) is 19.2 Å². The molecule has 0 aromatic carbocycles. The molecule has 0 aliphatic carbocycles. The molecule has 2 N–H and O–H groups in total. The molecule has 4 nitrogen and oxygen atoms in total. The van der Waals surface area contributed by atoms with Crippen molar-refractivity contribution in [3.05, 3.63) is 17.9 Å². The molecule has 2 heterocycles. The summed E-state index contributed by atoms with van der Waals surface area (Å²) in [5.41, 5.74) is 5.59. The van der Waals surface area contributed by atoms with Crippen molar-refractivity contribution in [2.75, 3.05) is 18.0 Å². The van der Waals surface area contributed by atoms with E-state index in [1.54, 1.807) is 6.07 Å². The molecule has 1 fully saturated rings. The van der Waals surface area contributed by atoms with Crippen LogP contribution in [0.25, 0.3) is 0 Å². The van der Waals surface area contributed by atoms with Gasteiger partial charge in [-0.05, 0) is 24.8 Å². The van der Waals surface area contributed by atoms with Crippen LogP contribution < -0.4 is 10.6 Å². The second kappa shape index (κ2) is 4.58. The van der Waals surface area contributed by atoms with Gasteiger partial charge in [0.1, 0.15) is 5.76 Å². The van der Waals surface area contributed by atoms with Crippen LogP contribution in [0, 0.1) is 17.2 Å². The van der Waals surface area contributed by atoms with Gasteiger partial charge in [0.15, 0.2) is 11.9 Å². The average molecular weight is 219 g/mol. The quantitative estimate of drug-likeness (QED) is 0.826. The molecule has 2 rings (SSSR count). The Balaban J connectivity index is 2.05. The highest BCUT2D eigenvalue weighted by atomic mass is 16.4. The fraction of sp³-hybridized carbons (Fsp3) is 0.583. The second-order valence-corrected chi connectivity index (χ2v) is 4.45. The molecule has 0 spiro atoms. The minimum absolute atomic E-state index is 0.552. The molecule has 1 atom stereocenters. The SMILES string of the molecule is CC1CCN(c2ccc([C@H](N)C#N)o2)CC1. The van der Waals surface area contributed by atoms with Crippen molar-refractivity contribution in [2.24, 2.45) is 11.7 Å². The van der Waals surface area contributed by atoms with E-state index in [1.807, 2.05) is 12.1 Å². The van der Waals surface area contributed by atoms with Gasteiger partial charge >= 0.3 is 0 Å². The lowest BCUT2D eigenvalue weighted by Crippen LogP contribution is -2.32. The first kappa shape index (κ1) is 11.0. The standard InChI is InChI=1S/C12H17N3O/c1-9-4-6-15(7-5-9)12-3-2-11(16-12)10(14)8-13/h2-3,9-10H,4-7,14H2,1H3/t10-/m1/s1. The number of hydrogen-bond acceptors (Lipinski definition) is 4. The summed E-state index contributed by atoms with van der Waals surface area (Å²) < 4.78 is 5.59. The van der Waals surface area contributed by atoms with Crippen LogP contribution in [0.2, 0.25) is 0 Å². The highest BCUT2D eigenvalue weighted by Gasteiger charge is 2.19. The van der Waals surface area contributed by atoms with Crippen molar-refractivity contribution in [1.82, 2.24) is 0 Å². The van der Waals surface area contributed by atoms with E-state index < -0.39 is 6.04 Å². The Labute approximate surface area is 95.6 Å². The zero-order valence-electron chi connectivity index (χ0n) is 9.52. The maximum atomic E-state index is 8.69. The third-order valence-electron chi connectivity index (χ3n) is 3.15. The number of nitriles is 1. The summed E-state index contributed by atoms with van der Waals surface area (Å²) in [6, 6.07) is 5.01.